The van der Waals surface area contributed by atoms with Gasteiger partial charge in [-0.15, -0.1) is 0 Å². The molecule has 1 aromatic carbocycles. The average Bonchev–Trinajstić information content (AvgIpc) is 2.65. The van der Waals surface area contributed by atoms with Gasteiger partial charge in [-0.3, -0.25) is 4.79 Å². The maximum atomic E-state index is 12.3. The highest BCUT2D eigenvalue weighted by molar-refractivity contribution is 5.95. The molecule has 0 aliphatic carbocycles. The lowest BCUT2D eigenvalue weighted by Gasteiger charge is -2.30. The van der Waals surface area contributed by atoms with E-state index in [1.165, 1.54) is 11.1 Å². The topological polar surface area (TPSA) is 63.7 Å². The molecule has 1 aromatic heterocycles. The lowest BCUT2D eigenvalue weighted by molar-refractivity contribution is 0.0943. The van der Waals surface area contributed by atoms with E-state index in [4.69, 9.17) is 9.47 Å². The highest BCUT2D eigenvalue weighted by atomic mass is 16.5. The number of fused-ring (bicyclic) bond motifs is 1. The van der Waals surface area contributed by atoms with Crippen molar-refractivity contribution in [2.75, 3.05) is 25.7 Å². The minimum absolute atomic E-state index is 0.0764. The number of aromatic nitrogens is 1. The number of carbonyl (C=O) groups excluding carboxylic acids is 1. The molecule has 1 aliphatic heterocycles. The second-order valence-electron chi connectivity index (χ2n) is 6.68. The Bertz CT molecular complexity index is 805. The Morgan fingerprint density at radius 3 is 2.50 bits per heavy atom. The third-order valence-electron chi connectivity index (χ3n) is 4.47. The van der Waals surface area contributed by atoms with Gasteiger partial charge in [-0.1, -0.05) is 0 Å². The first-order chi connectivity index (χ1) is 12.5. The van der Waals surface area contributed by atoms with Gasteiger partial charge >= 0.3 is 0 Å². The molecule has 0 fully saturated rings. The van der Waals surface area contributed by atoms with Gasteiger partial charge in [-0.2, -0.15) is 0 Å². The molecule has 138 valence electrons. The van der Waals surface area contributed by atoms with E-state index >= 15 is 0 Å². The summed E-state index contributed by atoms with van der Waals surface area (Å²) in [7, 11) is 3.29. The van der Waals surface area contributed by atoms with Crippen molar-refractivity contribution in [3.05, 3.63) is 47.2 Å². The molecule has 0 radical (unpaired) electrons. The molecule has 0 saturated carbocycles. The summed E-state index contributed by atoms with van der Waals surface area (Å²) in [5.41, 5.74) is 3.07. The summed E-state index contributed by atoms with van der Waals surface area (Å²) in [4.78, 5) is 18.9. The molecule has 6 heteroatoms. The Morgan fingerprint density at radius 2 is 1.85 bits per heavy atom. The van der Waals surface area contributed by atoms with E-state index in [1.807, 2.05) is 32.0 Å². The zero-order valence-corrected chi connectivity index (χ0v) is 15.7. The normalized spacial score (nSPS) is 13.3. The molecule has 0 bridgehead atoms. The molecule has 1 amide bonds. The molecule has 26 heavy (non-hydrogen) atoms. The van der Waals surface area contributed by atoms with Gasteiger partial charge in [0.15, 0.2) is 11.5 Å². The molecule has 1 aliphatic rings. The quantitative estimate of drug-likeness (QED) is 0.893. The number of amides is 1. The molecule has 0 saturated heterocycles. The molecule has 6 nitrogen and oxygen atoms in total. The van der Waals surface area contributed by atoms with Crippen molar-refractivity contribution in [3.8, 4) is 11.5 Å². The summed E-state index contributed by atoms with van der Waals surface area (Å²) in [6, 6.07) is 7.76. The fourth-order valence-electron chi connectivity index (χ4n) is 3.16. The maximum Gasteiger partial charge on any atom is 0.251 e. The first kappa shape index (κ1) is 18.0. The van der Waals surface area contributed by atoms with Gasteiger partial charge in [-0.25, -0.2) is 4.98 Å². The van der Waals surface area contributed by atoms with Gasteiger partial charge in [-0.05, 0) is 55.7 Å². The zero-order valence-electron chi connectivity index (χ0n) is 15.7. The molecular weight excluding hydrogens is 330 g/mol. The number of benzene rings is 1. The SMILES string of the molecule is COc1cc2c(cc1OC)CN(c1cc(C(=O)NC(C)C)ccn1)CC2. The number of ether oxygens (including phenoxy) is 2. The summed E-state index contributed by atoms with van der Waals surface area (Å²) in [5.74, 6) is 2.21. The first-order valence-corrected chi connectivity index (χ1v) is 8.77. The van der Waals surface area contributed by atoms with Crippen molar-refractivity contribution in [2.45, 2.75) is 32.9 Å². The zero-order chi connectivity index (χ0) is 18.7. The van der Waals surface area contributed by atoms with Crippen LogP contribution in [0.1, 0.15) is 35.3 Å². The summed E-state index contributed by atoms with van der Waals surface area (Å²) < 4.78 is 10.8. The minimum Gasteiger partial charge on any atom is -0.493 e. The van der Waals surface area contributed by atoms with Gasteiger partial charge in [0, 0.05) is 30.9 Å². The van der Waals surface area contributed by atoms with E-state index in [1.54, 1.807) is 26.5 Å². The molecular formula is C20H25N3O3. The van der Waals surface area contributed by atoms with Crippen LogP contribution in [0, 0.1) is 0 Å². The molecule has 2 heterocycles. The van der Waals surface area contributed by atoms with E-state index in [2.05, 4.69) is 15.2 Å². The number of hydrogen-bond acceptors (Lipinski definition) is 5. The minimum atomic E-state index is -0.0764. The van der Waals surface area contributed by atoms with Crippen LogP contribution in [0.15, 0.2) is 30.5 Å². The second kappa shape index (κ2) is 7.64. The lowest BCUT2D eigenvalue weighted by atomic mass is 9.98. The van der Waals surface area contributed by atoms with Crippen LogP contribution in [0.4, 0.5) is 5.82 Å². The smallest absolute Gasteiger partial charge is 0.251 e. The Labute approximate surface area is 154 Å². The predicted octanol–water partition coefficient (Wildman–Crippen LogP) is 2.80. The second-order valence-corrected chi connectivity index (χ2v) is 6.68. The average molecular weight is 355 g/mol. The molecule has 0 unspecified atom stereocenters. The molecule has 2 aromatic rings. The number of methoxy groups -OCH3 is 2. The van der Waals surface area contributed by atoms with E-state index in [0.717, 1.165) is 36.8 Å². The van der Waals surface area contributed by atoms with Crippen molar-refractivity contribution in [1.29, 1.82) is 0 Å². The molecule has 1 N–H and O–H groups in total. The third-order valence-corrected chi connectivity index (χ3v) is 4.47. The van der Waals surface area contributed by atoms with E-state index in [-0.39, 0.29) is 11.9 Å². The van der Waals surface area contributed by atoms with Crippen molar-refractivity contribution in [3.63, 3.8) is 0 Å². The highest BCUT2D eigenvalue weighted by Crippen LogP contribution is 2.34. The number of carbonyl (C=O) groups is 1. The van der Waals surface area contributed by atoms with Crippen molar-refractivity contribution in [2.24, 2.45) is 0 Å². The maximum absolute atomic E-state index is 12.3. The largest absolute Gasteiger partial charge is 0.493 e. The Morgan fingerprint density at radius 1 is 1.15 bits per heavy atom. The van der Waals surface area contributed by atoms with Crippen LogP contribution in [0.3, 0.4) is 0 Å². The van der Waals surface area contributed by atoms with Gasteiger partial charge in [0.2, 0.25) is 0 Å². The molecule has 0 atom stereocenters. The standard InChI is InChI=1S/C20H25N3O3/c1-13(2)22-20(24)15-5-7-21-19(11-15)23-8-6-14-9-17(25-3)18(26-4)10-16(14)12-23/h5,7,9-11,13H,6,8,12H2,1-4H3,(H,22,24). The van der Waals surface area contributed by atoms with Crippen molar-refractivity contribution >= 4 is 11.7 Å². The Balaban J connectivity index is 1.83. The van der Waals surface area contributed by atoms with Crippen molar-refractivity contribution < 1.29 is 14.3 Å². The summed E-state index contributed by atoms with van der Waals surface area (Å²) in [6.07, 6.45) is 2.58. The number of nitrogens with zero attached hydrogens (tertiary/aromatic N) is 2. The van der Waals surface area contributed by atoms with E-state index in [0.29, 0.717) is 5.56 Å². The van der Waals surface area contributed by atoms with Gasteiger partial charge in [0.25, 0.3) is 5.91 Å². The number of hydrogen-bond donors (Lipinski definition) is 1. The van der Waals surface area contributed by atoms with Crippen LogP contribution in [0.5, 0.6) is 11.5 Å². The van der Waals surface area contributed by atoms with Crippen LogP contribution in [-0.4, -0.2) is 37.7 Å². The van der Waals surface area contributed by atoms with Crippen LogP contribution < -0.4 is 19.7 Å². The van der Waals surface area contributed by atoms with Crippen LogP contribution in [-0.2, 0) is 13.0 Å². The van der Waals surface area contributed by atoms with Gasteiger partial charge < -0.3 is 19.7 Å². The summed E-state index contributed by atoms with van der Waals surface area (Å²) in [6.45, 7) is 5.45. The monoisotopic (exact) mass is 355 g/mol. The summed E-state index contributed by atoms with van der Waals surface area (Å²) in [5, 5.41) is 2.92. The third kappa shape index (κ3) is 3.74. The predicted molar refractivity (Wildman–Crippen MR) is 101 cm³/mol. The highest BCUT2D eigenvalue weighted by Gasteiger charge is 2.21. The van der Waals surface area contributed by atoms with Crippen LogP contribution in [0.25, 0.3) is 0 Å². The van der Waals surface area contributed by atoms with Gasteiger partial charge in [0.1, 0.15) is 5.82 Å². The fourth-order valence-corrected chi connectivity index (χ4v) is 3.16. The number of rotatable bonds is 5. The molecule has 0 spiro atoms. The molecule has 3 rings (SSSR count). The Kier molecular flexibility index (Phi) is 5.30. The Hall–Kier alpha value is -2.76. The van der Waals surface area contributed by atoms with E-state index < -0.39 is 0 Å². The lowest BCUT2D eigenvalue weighted by Crippen LogP contribution is -2.32. The van der Waals surface area contributed by atoms with Crippen molar-refractivity contribution in [1.82, 2.24) is 10.3 Å². The van der Waals surface area contributed by atoms with Crippen LogP contribution >= 0.6 is 0 Å². The number of anilines is 1. The summed E-state index contributed by atoms with van der Waals surface area (Å²) >= 11 is 0. The fraction of sp³-hybridized carbons (Fsp3) is 0.400. The van der Waals surface area contributed by atoms with E-state index in [9.17, 15) is 4.79 Å². The van der Waals surface area contributed by atoms with Crippen LogP contribution in [0.2, 0.25) is 0 Å². The number of nitrogens with one attached hydrogen (secondary N) is 1. The number of pyridine rings is 1. The first-order valence-electron chi connectivity index (χ1n) is 8.77. The van der Waals surface area contributed by atoms with Gasteiger partial charge in [0.05, 0.1) is 14.2 Å².